The SMILES string of the molecule is CSc1cccc(OCCC(C)(C)C)c1C(N)=S. The van der Waals surface area contributed by atoms with Gasteiger partial charge in [0.15, 0.2) is 0 Å². The number of ether oxygens (including phenoxy) is 1. The van der Waals surface area contributed by atoms with E-state index in [1.54, 1.807) is 11.8 Å². The molecule has 0 saturated carbocycles. The van der Waals surface area contributed by atoms with Crippen LogP contribution in [-0.4, -0.2) is 17.9 Å². The minimum Gasteiger partial charge on any atom is -0.493 e. The monoisotopic (exact) mass is 283 g/mol. The van der Waals surface area contributed by atoms with Crippen LogP contribution in [-0.2, 0) is 0 Å². The van der Waals surface area contributed by atoms with E-state index in [2.05, 4.69) is 20.8 Å². The summed E-state index contributed by atoms with van der Waals surface area (Å²) in [4.78, 5) is 1.46. The molecule has 0 unspecified atom stereocenters. The Bertz CT molecular complexity index is 424. The topological polar surface area (TPSA) is 35.2 Å². The van der Waals surface area contributed by atoms with Crippen molar-refractivity contribution in [2.24, 2.45) is 11.1 Å². The van der Waals surface area contributed by atoms with Crippen LogP contribution in [0.2, 0.25) is 0 Å². The molecule has 0 saturated heterocycles. The number of hydrogen-bond acceptors (Lipinski definition) is 3. The lowest BCUT2D eigenvalue weighted by molar-refractivity contribution is 0.242. The molecule has 0 aromatic heterocycles. The van der Waals surface area contributed by atoms with E-state index < -0.39 is 0 Å². The Balaban J connectivity index is 2.85. The lowest BCUT2D eigenvalue weighted by Gasteiger charge is -2.19. The zero-order valence-corrected chi connectivity index (χ0v) is 13.1. The second kappa shape index (κ2) is 6.43. The van der Waals surface area contributed by atoms with E-state index in [4.69, 9.17) is 22.7 Å². The first-order valence-electron chi connectivity index (χ1n) is 5.95. The Morgan fingerprint density at radius 1 is 1.39 bits per heavy atom. The number of hydrogen-bond donors (Lipinski definition) is 1. The first-order chi connectivity index (χ1) is 8.35. The van der Waals surface area contributed by atoms with Gasteiger partial charge in [0.05, 0.1) is 12.2 Å². The van der Waals surface area contributed by atoms with E-state index >= 15 is 0 Å². The minimum atomic E-state index is 0.264. The third-order valence-electron chi connectivity index (χ3n) is 2.56. The number of rotatable bonds is 5. The predicted octanol–water partition coefficient (Wildman–Crippen LogP) is 3.86. The molecular formula is C14H21NOS2. The molecule has 2 N–H and O–H groups in total. The third kappa shape index (κ3) is 4.50. The molecule has 1 aromatic carbocycles. The molecule has 1 rings (SSSR count). The summed E-state index contributed by atoms with van der Waals surface area (Å²) >= 11 is 6.74. The Morgan fingerprint density at radius 3 is 2.56 bits per heavy atom. The van der Waals surface area contributed by atoms with E-state index in [1.807, 2.05) is 24.5 Å². The molecule has 1 aromatic rings. The zero-order valence-electron chi connectivity index (χ0n) is 11.4. The Morgan fingerprint density at radius 2 is 2.06 bits per heavy atom. The molecule has 0 fully saturated rings. The van der Waals surface area contributed by atoms with Gasteiger partial charge in [0, 0.05) is 4.90 Å². The van der Waals surface area contributed by atoms with E-state index in [0.717, 1.165) is 22.6 Å². The Kier molecular flexibility index (Phi) is 5.47. The second-order valence-electron chi connectivity index (χ2n) is 5.36. The summed E-state index contributed by atoms with van der Waals surface area (Å²) in [6.07, 6.45) is 3.00. The second-order valence-corrected chi connectivity index (χ2v) is 6.64. The van der Waals surface area contributed by atoms with Gasteiger partial charge in [-0.15, -0.1) is 11.8 Å². The zero-order chi connectivity index (χ0) is 13.8. The molecule has 4 heteroatoms. The van der Waals surface area contributed by atoms with Crippen LogP contribution in [0.25, 0.3) is 0 Å². The maximum absolute atomic E-state index is 5.84. The smallest absolute Gasteiger partial charge is 0.130 e. The third-order valence-corrected chi connectivity index (χ3v) is 3.55. The molecule has 2 nitrogen and oxygen atoms in total. The van der Waals surface area contributed by atoms with Crippen molar-refractivity contribution in [3.05, 3.63) is 23.8 Å². The van der Waals surface area contributed by atoms with Gasteiger partial charge in [-0.3, -0.25) is 0 Å². The molecule has 0 heterocycles. The van der Waals surface area contributed by atoms with Gasteiger partial charge >= 0.3 is 0 Å². The summed E-state index contributed by atoms with van der Waals surface area (Å²) in [6.45, 7) is 7.27. The van der Waals surface area contributed by atoms with Gasteiger partial charge in [-0.05, 0) is 30.2 Å². The molecule has 0 amide bonds. The quantitative estimate of drug-likeness (QED) is 0.657. The van der Waals surface area contributed by atoms with E-state index in [-0.39, 0.29) is 5.41 Å². The van der Waals surface area contributed by atoms with Gasteiger partial charge in [-0.1, -0.05) is 39.1 Å². The van der Waals surface area contributed by atoms with Crippen LogP contribution in [0.4, 0.5) is 0 Å². The van der Waals surface area contributed by atoms with Crippen LogP contribution < -0.4 is 10.5 Å². The molecule has 0 bridgehead atoms. The first kappa shape index (κ1) is 15.3. The number of thiocarbonyl (C=S) groups is 1. The van der Waals surface area contributed by atoms with Crippen molar-refractivity contribution < 1.29 is 4.74 Å². The van der Waals surface area contributed by atoms with Gasteiger partial charge in [0.25, 0.3) is 0 Å². The van der Waals surface area contributed by atoms with Crippen LogP contribution in [0.1, 0.15) is 32.8 Å². The fourth-order valence-electron chi connectivity index (χ4n) is 1.51. The Labute approximate surface area is 119 Å². The fraction of sp³-hybridized carbons (Fsp3) is 0.500. The number of thioether (sulfide) groups is 1. The van der Waals surface area contributed by atoms with Crippen molar-refractivity contribution in [1.82, 2.24) is 0 Å². The highest BCUT2D eigenvalue weighted by Crippen LogP contribution is 2.29. The van der Waals surface area contributed by atoms with Gasteiger partial charge in [0.2, 0.25) is 0 Å². The summed E-state index contributed by atoms with van der Waals surface area (Å²) in [5, 5.41) is 0. The summed E-state index contributed by atoms with van der Waals surface area (Å²) in [6, 6.07) is 5.91. The first-order valence-corrected chi connectivity index (χ1v) is 7.58. The van der Waals surface area contributed by atoms with E-state index in [1.165, 1.54) is 0 Å². The molecule has 0 radical (unpaired) electrons. The average molecular weight is 283 g/mol. The van der Waals surface area contributed by atoms with Crippen molar-refractivity contribution in [2.75, 3.05) is 12.9 Å². The highest BCUT2D eigenvalue weighted by Gasteiger charge is 2.14. The molecule has 100 valence electrons. The van der Waals surface area contributed by atoms with Crippen molar-refractivity contribution in [1.29, 1.82) is 0 Å². The van der Waals surface area contributed by atoms with Crippen LogP contribution in [0, 0.1) is 5.41 Å². The van der Waals surface area contributed by atoms with Crippen LogP contribution in [0.3, 0.4) is 0 Å². The predicted molar refractivity (Wildman–Crippen MR) is 83.7 cm³/mol. The Hall–Kier alpha value is -0.740. The molecular weight excluding hydrogens is 262 g/mol. The lowest BCUT2D eigenvalue weighted by Crippen LogP contribution is -2.15. The highest BCUT2D eigenvalue weighted by atomic mass is 32.2. The standard InChI is InChI=1S/C14H21NOS2/c1-14(2,3)8-9-16-10-6-5-7-11(18-4)12(10)13(15)17/h5-7H,8-9H2,1-4H3,(H2,15,17). The minimum absolute atomic E-state index is 0.264. The average Bonchev–Trinajstić information content (AvgIpc) is 2.26. The molecule has 0 aliphatic heterocycles. The molecule has 0 aliphatic carbocycles. The van der Waals surface area contributed by atoms with Gasteiger partial charge in [-0.25, -0.2) is 0 Å². The summed E-state index contributed by atoms with van der Waals surface area (Å²) < 4.78 is 5.84. The summed E-state index contributed by atoms with van der Waals surface area (Å²) in [5.41, 5.74) is 6.91. The number of benzene rings is 1. The molecule has 0 aliphatic rings. The van der Waals surface area contributed by atoms with E-state index in [9.17, 15) is 0 Å². The molecule has 0 spiro atoms. The van der Waals surface area contributed by atoms with Gasteiger partial charge in [-0.2, -0.15) is 0 Å². The highest BCUT2D eigenvalue weighted by molar-refractivity contribution is 7.98. The van der Waals surface area contributed by atoms with Gasteiger partial charge in [0.1, 0.15) is 10.7 Å². The van der Waals surface area contributed by atoms with Crippen molar-refractivity contribution in [3.8, 4) is 5.75 Å². The lowest BCUT2D eigenvalue weighted by atomic mass is 9.93. The van der Waals surface area contributed by atoms with Gasteiger partial charge < -0.3 is 10.5 Å². The van der Waals surface area contributed by atoms with Crippen molar-refractivity contribution >= 4 is 29.0 Å². The summed E-state index contributed by atoms with van der Waals surface area (Å²) in [7, 11) is 0. The summed E-state index contributed by atoms with van der Waals surface area (Å²) in [5.74, 6) is 0.790. The van der Waals surface area contributed by atoms with Crippen LogP contribution in [0.5, 0.6) is 5.75 Å². The maximum Gasteiger partial charge on any atom is 0.130 e. The molecule has 18 heavy (non-hydrogen) atoms. The largest absolute Gasteiger partial charge is 0.493 e. The normalized spacial score (nSPS) is 11.3. The van der Waals surface area contributed by atoms with Crippen molar-refractivity contribution in [2.45, 2.75) is 32.1 Å². The van der Waals surface area contributed by atoms with Crippen LogP contribution >= 0.6 is 24.0 Å². The van der Waals surface area contributed by atoms with E-state index in [0.29, 0.717) is 11.6 Å². The maximum atomic E-state index is 5.84. The molecule has 0 atom stereocenters. The van der Waals surface area contributed by atoms with Crippen molar-refractivity contribution in [3.63, 3.8) is 0 Å². The fourth-order valence-corrected chi connectivity index (χ4v) is 2.42. The number of nitrogens with two attached hydrogens (primary N) is 1. The van der Waals surface area contributed by atoms with Crippen LogP contribution in [0.15, 0.2) is 23.1 Å².